The van der Waals surface area contributed by atoms with Crippen LogP contribution in [0.2, 0.25) is 0 Å². The molecule has 0 aromatic heterocycles. The van der Waals surface area contributed by atoms with Crippen LogP contribution >= 0.6 is 0 Å². The normalized spacial score (nSPS) is 16.5. The number of hydrogen-bond donors (Lipinski definition) is 0. The van der Waals surface area contributed by atoms with E-state index in [9.17, 15) is 9.59 Å². The molecular weight excluding hydrogens is 278 g/mol. The Hall–Kier alpha value is -2.62. The van der Waals surface area contributed by atoms with E-state index in [0.717, 1.165) is 16.8 Å². The van der Waals surface area contributed by atoms with E-state index in [2.05, 4.69) is 0 Å². The standard InChI is InChI=1S/C18H17NO3/c1-2-22-18(21)16-14-10-6-7-11-15(14)19(17(16)20)12-13-8-4-3-5-9-13/h3-11,16H,2,12H2,1H3. The number of ether oxygens (including phenoxy) is 1. The number of amides is 1. The summed E-state index contributed by atoms with van der Waals surface area (Å²) in [6, 6.07) is 17.1. The van der Waals surface area contributed by atoms with Gasteiger partial charge in [-0.15, -0.1) is 0 Å². The number of hydrogen-bond acceptors (Lipinski definition) is 3. The van der Waals surface area contributed by atoms with Crippen molar-refractivity contribution in [2.45, 2.75) is 19.4 Å². The van der Waals surface area contributed by atoms with E-state index in [1.165, 1.54) is 0 Å². The molecule has 1 unspecified atom stereocenters. The molecule has 2 aromatic carbocycles. The molecule has 0 aliphatic carbocycles. The number of rotatable bonds is 4. The smallest absolute Gasteiger partial charge is 0.323 e. The van der Waals surface area contributed by atoms with E-state index in [0.29, 0.717) is 6.54 Å². The summed E-state index contributed by atoms with van der Waals surface area (Å²) in [6.07, 6.45) is 0. The molecule has 4 nitrogen and oxygen atoms in total. The molecule has 1 atom stereocenters. The van der Waals surface area contributed by atoms with Crippen LogP contribution < -0.4 is 4.90 Å². The van der Waals surface area contributed by atoms with Gasteiger partial charge in [0.15, 0.2) is 5.92 Å². The molecule has 22 heavy (non-hydrogen) atoms. The largest absolute Gasteiger partial charge is 0.465 e. The van der Waals surface area contributed by atoms with Crippen molar-refractivity contribution in [2.75, 3.05) is 11.5 Å². The molecule has 0 bridgehead atoms. The summed E-state index contributed by atoms with van der Waals surface area (Å²) in [4.78, 5) is 26.5. The SMILES string of the molecule is CCOC(=O)C1C(=O)N(Cc2ccccc2)c2ccccc21. The molecule has 4 heteroatoms. The maximum Gasteiger partial charge on any atom is 0.323 e. The zero-order valence-electron chi connectivity index (χ0n) is 12.4. The first-order valence-electron chi connectivity index (χ1n) is 7.33. The molecule has 1 aliphatic rings. The predicted molar refractivity (Wildman–Crippen MR) is 83.4 cm³/mol. The van der Waals surface area contributed by atoms with Crippen LogP contribution in [0, 0.1) is 0 Å². The predicted octanol–water partition coefficient (Wildman–Crippen LogP) is 2.88. The monoisotopic (exact) mass is 295 g/mol. The van der Waals surface area contributed by atoms with Gasteiger partial charge in [0.25, 0.3) is 0 Å². The summed E-state index contributed by atoms with van der Waals surface area (Å²) in [5, 5.41) is 0. The molecule has 0 fully saturated rings. The minimum Gasteiger partial charge on any atom is -0.465 e. The lowest BCUT2D eigenvalue weighted by molar-refractivity contribution is -0.147. The van der Waals surface area contributed by atoms with Crippen molar-refractivity contribution in [1.82, 2.24) is 0 Å². The van der Waals surface area contributed by atoms with Gasteiger partial charge in [-0.1, -0.05) is 48.5 Å². The third-order valence-corrected chi connectivity index (χ3v) is 3.76. The number of benzene rings is 2. The van der Waals surface area contributed by atoms with E-state index in [4.69, 9.17) is 4.74 Å². The molecule has 0 radical (unpaired) electrons. The summed E-state index contributed by atoms with van der Waals surface area (Å²) >= 11 is 0. The van der Waals surface area contributed by atoms with E-state index < -0.39 is 11.9 Å². The van der Waals surface area contributed by atoms with Gasteiger partial charge < -0.3 is 9.64 Å². The Bertz CT molecular complexity index is 696. The third-order valence-electron chi connectivity index (χ3n) is 3.76. The Morgan fingerprint density at radius 3 is 2.50 bits per heavy atom. The minimum atomic E-state index is -0.847. The Labute approximate surface area is 129 Å². The topological polar surface area (TPSA) is 46.6 Å². The Kier molecular flexibility index (Phi) is 3.92. The molecule has 3 rings (SSSR count). The van der Waals surface area contributed by atoms with Gasteiger partial charge in [0, 0.05) is 5.69 Å². The van der Waals surface area contributed by atoms with Crippen LogP contribution in [0.4, 0.5) is 5.69 Å². The lowest BCUT2D eigenvalue weighted by Gasteiger charge is -2.18. The van der Waals surface area contributed by atoms with Gasteiger partial charge in [0.05, 0.1) is 13.2 Å². The van der Waals surface area contributed by atoms with Crippen molar-refractivity contribution in [1.29, 1.82) is 0 Å². The fourth-order valence-electron chi connectivity index (χ4n) is 2.77. The number of para-hydroxylation sites is 1. The number of nitrogens with zero attached hydrogens (tertiary/aromatic N) is 1. The number of fused-ring (bicyclic) bond motifs is 1. The number of carbonyl (C=O) groups is 2. The van der Waals surface area contributed by atoms with E-state index in [-0.39, 0.29) is 12.5 Å². The summed E-state index contributed by atoms with van der Waals surface area (Å²) in [7, 11) is 0. The van der Waals surface area contributed by atoms with Gasteiger partial charge in [-0.05, 0) is 24.1 Å². The summed E-state index contributed by atoms with van der Waals surface area (Å²) in [5.41, 5.74) is 2.53. The first-order chi connectivity index (χ1) is 10.7. The number of carbonyl (C=O) groups excluding carboxylic acids is 2. The Morgan fingerprint density at radius 1 is 1.09 bits per heavy atom. The maximum absolute atomic E-state index is 12.7. The molecule has 1 aliphatic heterocycles. The van der Waals surface area contributed by atoms with Gasteiger partial charge in [-0.2, -0.15) is 0 Å². The summed E-state index contributed by atoms with van der Waals surface area (Å²) in [5.74, 6) is -1.54. The second-order valence-corrected chi connectivity index (χ2v) is 5.15. The highest BCUT2D eigenvalue weighted by Crippen LogP contribution is 2.38. The van der Waals surface area contributed by atoms with Crippen LogP contribution in [0.5, 0.6) is 0 Å². The molecule has 0 saturated carbocycles. The Balaban J connectivity index is 1.95. The molecular formula is C18H17NO3. The first-order valence-corrected chi connectivity index (χ1v) is 7.33. The van der Waals surface area contributed by atoms with Crippen molar-refractivity contribution in [2.24, 2.45) is 0 Å². The fraction of sp³-hybridized carbons (Fsp3) is 0.222. The highest BCUT2D eigenvalue weighted by Gasteiger charge is 2.42. The zero-order chi connectivity index (χ0) is 15.5. The molecule has 0 N–H and O–H groups in total. The van der Waals surface area contributed by atoms with Gasteiger partial charge in [-0.25, -0.2) is 0 Å². The van der Waals surface area contributed by atoms with Crippen molar-refractivity contribution in [3.63, 3.8) is 0 Å². The molecule has 1 amide bonds. The molecule has 0 spiro atoms. The second kappa shape index (κ2) is 6.02. The lowest BCUT2D eigenvalue weighted by Crippen LogP contribution is -2.32. The van der Waals surface area contributed by atoms with E-state index in [1.54, 1.807) is 11.8 Å². The van der Waals surface area contributed by atoms with Gasteiger partial charge in [-0.3, -0.25) is 9.59 Å². The van der Waals surface area contributed by atoms with Crippen LogP contribution in [0.25, 0.3) is 0 Å². The van der Waals surface area contributed by atoms with Crippen LogP contribution in [-0.4, -0.2) is 18.5 Å². The van der Waals surface area contributed by atoms with Crippen molar-refractivity contribution in [3.8, 4) is 0 Å². The van der Waals surface area contributed by atoms with E-state index >= 15 is 0 Å². The van der Waals surface area contributed by atoms with Crippen LogP contribution in [-0.2, 0) is 20.9 Å². The van der Waals surface area contributed by atoms with Crippen LogP contribution in [0.1, 0.15) is 24.0 Å². The first kappa shape index (κ1) is 14.3. The lowest BCUT2D eigenvalue weighted by atomic mass is 10.0. The maximum atomic E-state index is 12.7. The molecule has 112 valence electrons. The highest BCUT2D eigenvalue weighted by atomic mass is 16.5. The molecule has 0 saturated heterocycles. The van der Waals surface area contributed by atoms with Crippen LogP contribution in [0.3, 0.4) is 0 Å². The van der Waals surface area contributed by atoms with Crippen molar-refractivity contribution < 1.29 is 14.3 Å². The quantitative estimate of drug-likeness (QED) is 0.643. The summed E-state index contributed by atoms with van der Waals surface area (Å²) in [6.45, 7) is 2.46. The molecule has 1 heterocycles. The summed E-state index contributed by atoms with van der Waals surface area (Å²) < 4.78 is 5.07. The number of anilines is 1. The third kappa shape index (κ3) is 2.48. The van der Waals surface area contributed by atoms with Gasteiger partial charge in [0.2, 0.25) is 5.91 Å². The highest BCUT2D eigenvalue weighted by molar-refractivity contribution is 6.16. The molecule has 2 aromatic rings. The van der Waals surface area contributed by atoms with Crippen molar-refractivity contribution in [3.05, 3.63) is 65.7 Å². The Morgan fingerprint density at radius 2 is 1.77 bits per heavy atom. The fourth-order valence-corrected chi connectivity index (χ4v) is 2.77. The number of esters is 1. The van der Waals surface area contributed by atoms with Crippen LogP contribution in [0.15, 0.2) is 54.6 Å². The van der Waals surface area contributed by atoms with Crippen molar-refractivity contribution >= 4 is 17.6 Å². The average molecular weight is 295 g/mol. The van der Waals surface area contributed by atoms with Gasteiger partial charge in [0.1, 0.15) is 0 Å². The van der Waals surface area contributed by atoms with E-state index in [1.807, 2.05) is 54.6 Å². The average Bonchev–Trinajstić information content (AvgIpc) is 2.81. The van der Waals surface area contributed by atoms with Gasteiger partial charge >= 0.3 is 5.97 Å². The minimum absolute atomic E-state index is 0.219. The second-order valence-electron chi connectivity index (χ2n) is 5.15. The zero-order valence-corrected chi connectivity index (χ0v) is 12.4.